The molecule has 0 bridgehead atoms. The van der Waals surface area contributed by atoms with Crippen molar-refractivity contribution in [2.24, 2.45) is 0 Å². The summed E-state index contributed by atoms with van der Waals surface area (Å²) in [5.41, 5.74) is 0.483. The largest absolute Gasteiger partial charge is 0.342 e. The van der Waals surface area contributed by atoms with E-state index in [0.717, 1.165) is 0 Å². The maximum atomic E-state index is 11.1. The van der Waals surface area contributed by atoms with Crippen LogP contribution >= 0.6 is 11.3 Å². The Morgan fingerprint density at radius 2 is 2.33 bits per heavy atom. The number of nitrogens with zero attached hydrogens (tertiary/aromatic N) is 1. The molecule has 0 saturated heterocycles. The molecule has 0 aromatic carbocycles. The van der Waals surface area contributed by atoms with Crippen molar-refractivity contribution in [3.8, 4) is 0 Å². The normalized spacial score (nSPS) is 9.08. The van der Waals surface area contributed by atoms with Gasteiger partial charge in [-0.05, 0) is 11.4 Å². The number of imide groups is 1. The van der Waals surface area contributed by atoms with E-state index in [1.54, 1.807) is 16.8 Å². The number of rotatable bonds is 1. The van der Waals surface area contributed by atoms with Gasteiger partial charge in [-0.3, -0.25) is 10.1 Å². The van der Waals surface area contributed by atoms with Crippen LogP contribution in [0.15, 0.2) is 16.8 Å². The summed E-state index contributed by atoms with van der Waals surface area (Å²) in [5.74, 6) is -0.410. The molecule has 1 aromatic rings. The maximum Gasteiger partial charge on any atom is 0.342 e. The first-order chi connectivity index (χ1) is 5.74. The Morgan fingerprint density at radius 3 is 2.83 bits per heavy atom. The van der Waals surface area contributed by atoms with Gasteiger partial charge in [0.2, 0.25) is 0 Å². The van der Waals surface area contributed by atoms with Gasteiger partial charge < -0.3 is 0 Å². The highest BCUT2D eigenvalue weighted by Gasteiger charge is 2.08. The van der Waals surface area contributed by atoms with E-state index >= 15 is 0 Å². The lowest BCUT2D eigenvalue weighted by molar-refractivity contribution is 0.0965. The van der Waals surface area contributed by atoms with Gasteiger partial charge in [-0.15, -0.1) is 0 Å². The average molecular weight is 183 g/mol. The van der Waals surface area contributed by atoms with Crippen molar-refractivity contribution in [3.63, 3.8) is 0 Å². The molecule has 1 radical (unpaired) electrons. The summed E-state index contributed by atoms with van der Waals surface area (Å²) < 4.78 is 0. The highest BCUT2D eigenvalue weighted by Crippen LogP contribution is 2.04. The summed E-state index contributed by atoms with van der Waals surface area (Å²) >= 11 is 1.40. The molecule has 1 rings (SSSR count). The van der Waals surface area contributed by atoms with Crippen LogP contribution in [-0.4, -0.2) is 19.0 Å². The fourth-order valence-corrected chi connectivity index (χ4v) is 1.25. The molecule has 0 aliphatic heterocycles. The number of hydrogen-bond acceptors (Lipinski definition) is 3. The highest BCUT2D eigenvalue weighted by molar-refractivity contribution is 7.08. The Bertz CT molecular complexity index is 282. The lowest BCUT2D eigenvalue weighted by atomic mass is 10.3. The predicted molar refractivity (Wildman–Crippen MR) is 45.2 cm³/mol. The maximum absolute atomic E-state index is 11.1. The topological polar surface area (TPSA) is 60.3 Å². The monoisotopic (exact) mass is 183 g/mol. The van der Waals surface area contributed by atoms with Gasteiger partial charge in [0.25, 0.3) is 5.91 Å². The molecule has 0 aliphatic carbocycles. The molecular formula is C7H7N2O2S. The molecule has 3 amide bonds. The predicted octanol–water partition coefficient (Wildman–Crippen LogP) is 0.832. The zero-order valence-electron chi connectivity index (χ0n) is 6.40. The minimum Gasteiger partial charge on any atom is -0.272 e. The standard InChI is InChI=1S/C7H7N2O2S/c1-8-7(11)9-6(10)5-2-3-12-4-5/h2-4H,1H3,(H,9,10,11). The van der Waals surface area contributed by atoms with E-state index in [0.29, 0.717) is 5.56 Å². The van der Waals surface area contributed by atoms with Crippen molar-refractivity contribution < 1.29 is 9.59 Å². The molecule has 0 unspecified atom stereocenters. The highest BCUT2D eigenvalue weighted by atomic mass is 32.1. The van der Waals surface area contributed by atoms with Gasteiger partial charge in [0.15, 0.2) is 0 Å². The van der Waals surface area contributed by atoms with Crippen molar-refractivity contribution in [2.45, 2.75) is 0 Å². The molecule has 0 fully saturated rings. The van der Waals surface area contributed by atoms with E-state index in [1.807, 2.05) is 0 Å². The van der Waals surface area contributed by atoms with E-state index < -0.39 is 11.9 Å². The number of amides is 3. The molecule has 5 heteroatoms. The van der Waals surface area contributed by atoms with Gasteiger partial charge in [0, 0.05) is 12.4 Å². The molecule has 0 atom stereocenters. The summed E-state index contributed by atoms with van der Waals surface area (Å²) in [6, 6.07) is 1.02. The Hall–Kier alpha value is -1.36. The zero-order valence-corrected chi connectivity index (χ0v) is 7.22. The van der Waals surface area contributed by atoms with Crippen LogP contribution in [-0.2, 0) is 0 Å². The number of carbonyl (C=O) groups excluding carboxylic acids is 2. The van der Waals surface area contributed by atoms with Crippen molar-refractivity contribution in [3.05, 3.63) is 22.4 Å². The lowest BCUT2D eigenvalue weighted by Gasteiger charge is -1.97. The van der Waals surface area contributed by atoms with E-state index in [-0.39, 0.29) is 0 Å². The van der Waals surface area contributed by atoms with Crippen LogP contribution in [0.4, 0.5) is 4.79 Å². The molecule has 1 N–H and O–H groups in total. The molecule has 0 aliphatic rings. The third kappa shape index (κ3) is 2.06. The van der Waals surface area contributed by atoms with Gasteiger partial charge in [-0.2, -0.15) is 11.3 Å². The minimum atomic E-state index is -0.619. The van der Waals surface area contributed by atoms with Crippen molar-refractivity contribution in [2.75, 3.05) is 7.05 Å². The van der Waals surface area contributed by atoms with Gasteiger partial charge in [0.1, 0.15) is 0 Å². The molecular weight excluding hydrogens is 176 g/mol. The molecule has 1 heterocycles. The van der Waals surface area contributed by atoms with Crippen LogP contribution < -0.4 is 10.6 Å². The third-order valence-electron chi connectivity index (χ3n) is 1.21. The van der Waals surface area contributed by atoms with Crippen LogP contribution in [0.5, 0.6) is 0 Å². The van der Waals surface area contributed by atoms with E-state index in [9.17, 15) is 9.59 Å². The molecule has 4 nitrogen and oxygen atoms in total. The fourth-order valence-electron chi connectivity index (χ4n) is 0.619. The first-order valence-electron chi connectivity index (χ1n) is 3.21. The quantitative estimate of drug-likeness (QED) is 0.701. The number of urea groups is 1. The lowest BCUT2D eigenvalue weighted by Crippen LogP contribution is -2.33. The van der Waals surface area contributed by atoms with Crippen LogP contribution in [0.25, 0.3) is 0 Å². The summed E-state index contributed by atoms with van der Waals surface area (Å²) in [7, 11) is 1.33. The van der Waals surface area contributed by atoms with Crippen LogP contribution in [0.3, 0.4) is 0 Å². The van der Waals surface area contributed by atoms with Crippen LogP contribution in [0.2, 0.25) is 0 Å². The number of hydrogen-bond donors (Lipinski definition) is 1. The number of thiophene rings is 1. The first-order valence-corrected chi connectivity index (χ1v) is 4.15. The fraction of sp³-hybridized carbons (Fsp3) is 0.143. The van der Waals surface area contributed by atoms with Crippen molar-refractivity contribution >= 4 is 23.3 Å². The van der Waals surface area contributed by atoms with Crippen molar-refractivity contribution in [1.82, 2.24) is 10.6 Å². The Balaban J connectivity index is 2.56. The first kappa shape index (κ1) is 8.73. The number of nitrogens with one attached hydrogen (secondary N) is 1. The molecule has 0 saturated carbocycles. The summed E-state index contributed by atoms with van der Waals surface area (Å²) in [4.78, 5) is 21.7. The van der Waals surface area contributed by atoms with Gasteiger partial charge in [0.05, 0.1) is 5.56 Å². The Kier molecular flexibility index (Phi) is 2.82. The summed E-state index contributed by atoms with van der Waals surface area (Å²) in [6.45, 7) is 0. The summed E-state index contributed by atoms with van der Waals surface area (Å²) in [5, 5.41) is 8.80. The SMILES string of the molecule is C[N]C(=O)NC(=O)c1ccsc1. The van der Waals surface area contributed by atoms with Crippen molar-refractivity contribution in [1.29, 1.82) is 0 Å². The zero-order chi connectivity index (χ0) is 8.97. The van der Waals surface area contributed by atoms with Gasteiger partial charge in [-0.25, -0.2) is 10.1 Å². The van der Waals surface area contributed by atoms with E-state index in [1.165, 1.54) is 18.4 Å². The Morgan fingerprint density at radius 1 is 1.58 bits per heavy atom. The van der Waals surface area contributed by atoms with E-state index in [2.05, 4.69) is 10.6 Å². The van der Waals surface area contributed by atoms with Crippen LogP contribution in [0, 0.1) is 0 Å². The molecule has 0 spiro atoms. The third-order valence-corrected chi connectivity index (χ3v) is 1.89. The molecule has 1 aromatic heterocycles. The smallest absolute Gasteiger partial charge is 0.272 e. The number of carbonyl (C=O) groups is 2. The van der Waals surface area contributed by atoms with Gasteiger partial charge >= 0.3 is 6.03 Å². The van der Waals surface area contributed by atoms with E-state index in [4.69, 9.17) is 0 Å². The molecule has 12 heavy (non-hydrogen) atoms. The minimum absolute atomic E-state index is 0.410. The second kappa shape index (κ2) is 3.87. The average Bonchev–Trinajstić information content (AvgIpc) is 2.56. The van der Waals surface area contributed by atoms with Gasteiger partial charge in [-0.1, -0.05) is 0 Å². The second-order valence-electron chi connectivity index (χ2n) is 1.99. The summed E-state index contributed by atoms with van der Waals surface area (Å²) in [6.07, 6.45) is 0. The van der Waals surface area contributed by atoms with Crippen LogP contribution in [0.1, 0.15) is 10.4 Å². The molecule has 63 valence electrons. The second-order valence-corrected chi connectivity index (χ2v) is 2.77. The Labute approximate surface area is 73.6 Å².